The van der Waals surface area contributed by atoms with Crippen LogP contribution in [0, 0.1) is 0 Å². The van der Waals surface area contributed by atoms with E-state index in [1.807, 2.05) is 49.4 Å². The van der Waals surface area contributed by atoms with Gasteiger partial charge in [-0.05, 0) is 64.5 Å². The van der Waals surface area contributed by atoms with Crippen LogP contribution in [0.25, 0.3) is 11.1 Å². The molecule has 0 aliphatic carbocycles. The van der Waals surface area contributed by atoms with E-state index in [4.69, 9.17) is 9.16 Å². The van der Waals surface area contributed by atoms with Gasteiger partial charge in [0.1, 0.15) is 11.9 Å². The summed E-state index contributed by atoms with van der Waals surface area (Å²) in [6.07, 6.45) is -0.0426. The van der Waals surface area contributed by atoms with Gasteiger partial charge in [0.15, 0.2) is 0 Å². The van der Waals surface area contributed by atoms with Crippen LogP contribution in [0.1, 0.15) is 54.0 Å². The van der Waals surface area contributed by atoms with Crippen molar-refractivity contribution in [3.05, 3.63) is 84.4 Å². The van der Waals surface area contributed by atoms with Crippen LogP contribution in [-0.4, -0.2) is 20.5 Å². The van der Waals surface area contributed by atoms with E-state index < -0.39 is 14.4 Å². The zero-order valence-corrected chi connectivity index (χ0v) is 23.7. The molecule has 1 N–H and O–H groups in total. The molecule has 3 rings (SSSR count). The lowest BCUT2D eigenvalue weighted by Gasteiger charge is -2.42. The Morgan fingerprint density at radius 3 is 1.78 bits per heavy atom. The Morgan fingerprint density at radius 2 is 1.25 bits per heavy atom. The van der Waals surface area contributed by atoms with Crippen molar-refractivity contribution < 1.29 is 14.0 Å². The number of hydrogen-bond acceptors (Lipinski definition) is 3. The number of amides is 1. The molecule has 0 aliphatic heterocycles. The van der Waals surface area contributed by atoms with Crippen molar-refractivity contribution in [1.82, 2.24) is 0 Å². The molecule has 0 saturated carbocycles. The minimum absolute atomic E-state index is 0.245. The minimum Gasteiger partial charge on any atom is -0.543 e. The molecule has 0 spiro atoms. The highest BCUT2D eigenvalue weighted by Crippen LogP contribution is 2.42. The number of benzene rings is 3. The Morgan fingerprint density at radius 1 is 0.722 bits per heavy atom. The third-order valence-electron chi connectivity index (χ3n) is 6.99. The maximum absolute atomic E-state index is 12.5. The average molecular weight is 504 g/mol. The van der Waals surface area contributed by atoms with Crippen LogP contribution in [0.15, 0.2) is 78.9 Å². The molecule has 3 aromatic rings. The summed E-state index contributed by atoms with van der Waals surface area (Å²) in [6.45, 7) is 15.6. The van der Waals surface area contributed by atoms with E-state index in [2.05, 4.69) is 83.3 Å². The summed E-state index contributed by atoms with van der Waals surface area (Å²) in [5.41, 5.74) is 5.69. The lowest BCUT2D eigenvalue weighted by molar-refractivity contribution is 0.120. The van der Waals surface area contributed by atoms with Crippen molar-refractivity contribution in [3.8, 4) is 16.9 Å². The molecule has 1 amide bonds. The molecule has 0 aromatic heterocycles. The van der Waals surface area contributed by atoms with Crippen LogP contribution in [0.3, 0.4) is 0 Å². The molecule has 0 aliphatic rings. The number of nitrogens with one attached hydrogen (secondary N) is 1. The monoisotopic (exact) mass is 503 g/mol. The number of carbonyl (C=O) groups is 1. The molecule has 192 valence electrons. The second kappa shape index (κ2) is 12.3. The first-order valence-corrected chi connectivity index (χ1v) is 15.2. The van der Waals surface area contributed by atoms with E-state index in [9.17, 15) is 4.79 Å². The predicted octanol–water partition coefficient (Wildman–Crippen LogP) is 9.09. The molecular weight excluding hydrogens is 462 g/mol. The summed E-state index contributed by atoms with van der Waals surface area (Å²) in [4.78, 5) is 12.5. The number of hydrogen-bond donors (Lipinski definition) is 1. The van der Waals surface area contributed by atoms with E-state index in [1.165, 1.54) is 11.1 Å². The molecule has 1 unspecified atom stereocenters. The molecule has 5 heteroatoms. The van der Waals surface area contributed by atoms with Crippen molar-refractivity contribution >= 4 is 20.1 Å². The third-order valence-corrected chi connectivity index (χ3v) is 13.0. The van der Waals surface area contributed by atoms with Crippen LogP contribution in [0.5, 0.6) is 5.75 Å². The highest BCUT2D eigenvalue weighted by atomic mass is 28.4. The van der Waals surface area contributed by atoms with Gasteiger partial charge < -0.3 is 9.16 Å². The Labute approximate surface area is 218 Å². The smallest absolute Gasteiger partial charge is 0.411 e. The summed E-state index contributed by atoms with van der Waals surface area (Å²) in [6, 6.07) is 26.3. The van der Waals surface area contributed by atoms with Crippen molar-refractivity contribution in [2.75, 3.05) is 5.32 Å². The largest absolute Gasteiger partial charge is 0.543 e. The van der Waals surface area contributed by atoms with Crippen molar-refractivity contribution in [2.24, 2.45) is 0 Å². The molecule has 36 heavy (non-hydrogen) atoms. The quantitative estimate of drug-likeness (QED) is 0.281. The predicted molar refractivity (Wildman–Crippen MR) is 153 cm³/mol. The Bertz CT molecular complexity index is 1070. The van der Waals surface area contributed by atoms with Gasteiger partial charge in [0.2, 0.25) is 0 Å². The second-order valence-electron chi connectivity index (χ2n) is 10.6. The van der Waals surface area contributed by atoms with Crippen molar-refractivity contribution in [1.29, 1.82) is 0 Å². The zero-order valence-electron chi connectivity index (χ0n) is 22.7. The first-order valence-electron chi connectivity index (χ1n) is 13.0. The van der Waals surface area contributed by atoms with Gasteiger partial charge in [0.25, 0.3) is 8.32 Å². The Balaban J connectivity index is 1.54. The number of ether oxygens (including phenoxy) is 1. The van der Waals surface area contributed by atoms with Gasteiger partial charge in [0, 0.05) is 12.1 Å². The van der Waals surface area contributed by atoms with Gasteiger partial charge in [-0.15, -0.1) is 0 Å². The van der Waals surface area contributed by atoms with E-state index in [0.29, 0.717) is 28.7 Å². The lowest BCUT2D eigenvalue weighted by Crippen LogP contribution is -2.50. The fourth-order valence-electron chi connectivity index (χ4n) is 5.33. The first-order chi connectivity index (χ1) is 17.1. The zero-order chi connectivity index (χ0) is 26.3. The number of carbonyl (C=O) groups excluding carboxylic acids is 1. The summed E-state index contributed by atoms with van der Waals surface area (Å²) in [5.74, 6) is 0.865. The fourth-order valence-corrected chi connectivity index (χ4v) is 10.6. The van der Waals surface area contributed by atoms with Gasteiger partial charge in [-0.3, -0.25) is 5.32 Å². The second-order valence-corrected chi connectivity index (χ2v) is 15.9. The molecule has 0 saturated heterocycles. The summed E-state index contributed by atoms with van der Waals surface area (Å²) < 4.78 is 12.3. The van der Waals surface area contributed by atoms with Gasteiger partial charge in [0.05, 0.1) is 0 Å². The van der Waals surface area contributed by atoms with Crippen LogP contribution in [0.4, 0.5) is 10.5 Å². The first kappa shape index (κ1) is 27.5. The maximum Gasteiger partial charge on any atom is 0.411 e. The van der Waals surface area contributed by atoms with Crippen LogP contribution >= 0.6 is 0 Å². The average Bonchev–Trinajstić information content (AvgIpc) is 2.83. The van der Waals surface area contributed by atoms with E-state index >= 15 is 0 Å². The SMILES string of the molecule is CC(Cc1ccc(-c2ccccc2)cc1)OC(=O)Nc1ccc(O[Si](C(C)C)(C(C)C)C(C)C)cc1. The molecular formula is C31H41NO3Si. The standard InChI is InChI=1S/C31H41NO3Si/c1-22(2)36(23(3)4,24(5)6)35-30-19-17-29(18-20-30)32-31(33)34-25(7)21-26-13-15-28(16-14-26)27-11-9-8-10-12-27/h8-20,22-25H,21H2,1-7H3,(H,32,33). The normalized spacial score (nSPS) is 12.6. The molecule has 4 nitrogen and oxygen atoms in total. The molecule has 3 aromatic carbocycles. The molecule has 0 radical (unpaired) electrons. The molecule has 1 atom stereocenters. The van der Waals surface area contributed by atoms with E-state index in [-0.39, 0.29) is 6.10 Å². The third kappa shape index (κ3) is 6.79. The topological polar surface area (TPSA) is 47.6 Å². The van der Waals surface area contributed by atoms with Crippen LogP contribution in [-0.2, 0) is 11.2 Å². The molecule has 0 bridgehead atoms. The van der Waals surface area contributed by atoms with Crippen molar-refractivity contribution in [3.63, 3.8) is 0 Å². The van der Waals surface area contributed by atoms with Crippen LogP contribution in [0.2, 0.25) is 16.6 Å². The molecule has 0 fully saturated rings. The van der Waals surface area contributed by atoms with E-state index in [1.54, 1.807) is 0 Å². The van der Waals surface area contributed by atoms with Gasteiger partial charge in [-0.25, -0.2) is 4.79 Å². The summed E-state index contributed by atoms with van der Waals surface area (Å²) in [7, 11) is -2.01. The lowest BCUT2D eigenvalue weighted by atomic mass is 10.0. The molecule has 0 heterocycles. The fraction of sp³-hybridized carbons (Fsp3) is 0.387. The highest BCUT2D eigenvalue weighted by Gasteiger charge is 2.46. The Hall–Kier alpha value is -3.05. The Kier molecular flexibility index (Phi) is 9.38. The van der Waals surface area contributed by atoms with E-state index in [0.717, 1.165) is 11.3 Å². The maximum atomic E-state index is 12.5. The number of anilines is 1. The van der Waals surface area contributed by atoms with Crippen LogP contribution < -0.4 is 9.74 Å². The summed E-state index contributed by atoms with van der Waals surface area (Å²) in [5, 5.41) is 2.84. The van der Waals surface area contributed by atoms with Crippen molar-refractivity contribution in [2.45, 2.75) is 77.6 Å². The highest BCUT2D eigenvalue weighted by molar-refractivity contribution is 6.78. The summed E-state index contributed by atoms with van der Waals surface area (Å²) >= 11 is 0. The van der Waals surface area contributed by atoms with Gasteiger partial charge in [-0.1, -0.05) is 96.1 Å². The number of rotatable bonds is 10. The van der Waals surface area contributed by atoms with Gasteiger partial charge >= 0.3 is 6.09 Å². The minimum atomic E-state index is -2.01. The van der Waals surface area contributed by atoms with Gasteiger partial charge in [-0.2, -0.15) is 0 Å².